The van der Waals surface area contributed by atoms with Gasteiger partial charge >= 0.3 is 0 Å². The predicted octanol–water partition coefficient (Wildman–Crippen LogP) is 4.11. The first-order valence-electron chi connectivity index (χ1n) is 8.09. The molecule has 24 heavy (non-hydrogen) atoms. The fourth-order valence-electron chi connectivity index (χ4n) is 3.17. The maximum Gasteiger partial charge on any atom is 0.240 e. The second kappa shape index (κ2) is 6.20. The zero-order valence-corrected chi connectivity index (χ0v) is 13.3. The number of benzene rings is 3. The number of carbonyl (C=O) groups excluding carboxylic acids is 1. The fourth-order valence-corrected chi connectivity index (χ4v) is 3.17. The predicted molar refractivity (Wildman–Crippen MR) is 97.7 cm³/mol. The average molecular weight is 314 g/mol. The molecule has 0 saturated heterocycles. The van der Waals surface area contributed by atoms with Crippen molar-refractivity contribution in [2.24, 2.45) is 0 Å². The third-order valence-corrected chi connectivity index (χ3v) is 4.31. The number of carbonyl (C=O) groups is 1. The smallest absolute Gasteiger partial charge is 0.240 e. The van der Waals surface area contributed by atoms with Crippen molar-refractivity contribution in [2.45, 2.75) is 13.1 Å². The van der Waals surface area contributed by atoms with E-state index < -0.39 is 0 Å². The first-order chi connectivity index (χ1) is 11.8. The van der Waals surface area contributed by atoms with Crippen molar-refractivity contribution in [3.63, 3.8) is 0 Å². The Balaban J connectivity index is 1.62. The summed E-state index contributed by atoms with van der Waals surface area (Å²) in [6.45, 7) is 0.873. The van der Waals surface area contributed by atoms with Crippen molar-refractivity contribution >= 4 is 27.7 Å². The maximum atomic E-state index is 12.4. The molecule has 0 aliphatic carbocycles. The van der Waals surface area contributed by atoms with E-state index in [9.17, 15) is 4.79 Å². The topological polar surface area (TPSA) is 34.0 Å². The van der Waals surface area contributed by atoms with Gasteiger partial charge in [0.2, 0.25) is 5.91 Å². The molecule has 0 atom stereocenters. The molecule has 0 radical (unpaired) electrons. The molecule has 1 N–H and O–H groups in total. The van der Waals surface area contributed by atoms with Crippen LogP contribution in [0.4, 0.5) is 0 Å². The second-order valence-corrected chi connectivity index (χ2v) is 5.88. The highest BCUT2D eigenvalue weighted by atomic mass is 16.1. The number of nitrogens with one attached hydrogen (secondary N) is 1. The second-order valence-electron chi connectivity index (χ2n) is 5.88. The van der Waals surface area contributed by atoms with Gasteiger partial charge in [-0.15, -0.1) is 0 Å². The minimum atomic E-state index is 0.0189. The Morgan fingerprint density at radius 1 is 0.750 bits per heavy atom. The summed E-state index contributed by atoms with van der Waals surface area (Å²) in [5, 5.41) is 5.38. The van der Waals surface area contributed by atoms with Crippen LogP contribution in [-0.2, 0) is 17.9 Å². The van der Waals surface area contributed by atoms with E-state index in [1.807, 2.05) is 54.6 Å². The Labute approximate surface area is 140 Å². The van der Waals surface area contributed by atoms with Crippen LogP contribution < -0.4 is 5.32 Å². The molecule has 0 aliphatic heterocycles. The van der Waals surface area contributed by atoms with E-state index in [1.165, 1.54) is 10.8 Å². The van der Waals surface area contributed by atoms with Crippen LogP contribution in [0.3, 0.4) is 0 Å². The van der Waals surface area contributed by atoms with Gasteiger partial charge in [0, 0.05) is 28.4 Å². The van der Waals surface area contributed by atoms with Gasteiger partial charge in [0.15, 0.2) is 0 Å². The molecule has 4 rings (SSSR count). The normalized spacial score (nSPS) is 11.0. The molecule has 3 nitrogen and oxygen atoms in total. The van der Waals surface area contributed by atoms with E-state index >= 15 is 0 Å². The van der Waals surface area contributed by atoms with Crippen molar-refractivity contribution in [3.05, 3.63) is 84.4 Å². The number of fused-ring (bicyclic) bond motifs is 3. The molecule has 0 saturated carbocycles. The minimum Gasteiger partial charge on any atom is -0.350 e. The molecule has 118 valence electrons. The van der Waals surface area contributed by atoms with Crippen LogP contribution >= 0.6 is 0 Å². The summed E-state index contributed by atoms with van der Waals surface area (Å²) >= 11 is 0. The fraction of sp³-hybridized carbons (Fsp3) is 0.0952. The number of hydrogen-bond acceptors (Lipinski definition) is 1. The summed E-state index contributed by atoms with van der Waals surface area (Å²) in [6, 6.07) is 26.4. The molecular weight excluding hydrogens is 296 g/mol. The molecular formula is C21H18N2O. The van der Waals surface area contributed by atoms with E-state index in [0.29, 0.717) is 13.1 Å². The van der Waals surface area contributed by atoms with E-state index in [1.54, 1.807) is 0 Å². The largest absolute Gasteiger partial charge is 0.350 e. The van der Waals surface area contributed by atoms with Gasteiger partial charge in [0.25, 0.3) is 0 Å². The molecule has 0 unspecified atom stereocenters. The highest BCUT2D eigenvalue weighted by Crippen LogP contribution is 2.28. The molecule has 1 heterocycles. The quantitative estimate of drug-likeness (QED) is 0.604. The standard InChI is InChI=1S/C21H18N2O/c24-21(22-14-16-8-2-1-3-9-16)15-23-19-12-6-4-10-17(19)18-11-5-7-13-20(18)23/h1-13H,14-15H2,(H,22,24). The van der Waals surface area contributed by atoms with Crippen molar-refractivity contribution in [1.82, 2.24) is 9.88 Å². The van der Waals surface area contributed by atoms with Gasteiger partial charge in [-0.2, -0.15) is 0 Å². The Morgan fingerprint density at radius 2 is 1.29 bits per heavy atom. The molecule has 1 aromatic heterocycles. The highest BCUT2D eigenvalue weighted by Gasteiger charge is 2.12. The number of hydrogen-bond donors (Lipinski definition) is 1. The molecule has 0 fully saturated rings. The summed E-state index contributed by atoms with van der Waals surface area (Å²) in [4.78, 5) is 12.4. The molecule has 0 spiro atoms. The Kier molecular flexibility index (Phi) is 3.75. The zero-order chi connectivity index (χ0) is 16.4. The zero-order valence-electron chi connectivity index (χ0n) is 13.3. The number of aromatic nitrogens is 1. The first kappa shape index (κ1) is 14.5. The lowest BCUT2D eigenvalue weighted by atomic mass is 10.2. The average Bonchev–Trinajstić information content (AvgIpc) is 2.95. The third kappa shape index (κ3) is 2.65. The van der Waals surface area contributed by atoms with Crippen LogP contribution in [-0.4, -0.2) is 10.5 Å². The number of nitrogens with zero attached hydrogens (tertiary/aromatic N) is 1. The van der Waals surface area contributed by atoms with E-state index in [0.717, 1.165) is 16.6 Å². The first-order valence-corrected chi connectivity index (χ1v) is 8.09. The van der Waals surface area contributed by atoms with E-state index in [2.05, 4.69) is 34.1 Å². The van der Waals surface area contributed by atoms with Crippen LogP contribution in [0, 0.1) is 0 Å². The van der Waals surface area contributed by atoms with Gasteiger partial charge in [-0.1, -0.05) is 66.7 Å². The van der Waals surface area contributed by atoms with Crippen molar-refractivity contribution in [1.29, 1.82) is 0 Å². The number of amides is 1. The molecule has 1 amide bonds. The van der Waals surface area contributed by atoms with Crippen LogP contribution in [0.15, 0.2) is 78.9 Å². The summed E-state index contributed by atoms with van der Waals surface area (Å²) in [7, 11) is 0. The molecule has 0 bridgehead atoms. The van der Waals surface area contributed by atoms with Gasteiger partial charge in [0.1, 0.15) is 6.54 Å². The van der Waals surface area contributed by atoms with Gasteiger partial charge in [-0.25, -0.2) is 0 Å². The van der Waals surface area contributed by atoms with E-state index in [-0.39, 0.29) is 5.91 Å². The maximum absolute atomic E-state index is 12.4. The molecule has 3 aromatic carbocycles. The summed E-state index contributed by atoms with van der Waals surface area (Å²) in [5.74, 6) is 0.0189. The van der Waals surface area contributed by atoms with Crippen molar-refractivity contribution in [2.75, 3.05) is 0 Å². The molecule has 4 aromatic rings. The van der Waals surface area contributed by atoms with Crippen molar-refractivity contribution < 1.29 is 4.79 Å². The van der Waals surface area contributed by atoms with Gasteiger partial charge < -0.3 is 9.88 Å². The van der Waals surface area contributed by atoms with Gasteiger partial charge in [0.05, 0.1) is 0 Å². The summed E-state index contributed by atoms with van der Waals surface area (Å²) < 4.78 is 2.09. The van der Waals surface area contributed by atoms with Crippen LogP contribution in [0.1, 0.15) is 5.56 Å². The van der Waals surface area contributed by atoms with Crippen LogP contribution in [0.2, 0.25) is 0 Å². The molecule has 3 heteroatoms. The summed E-state index contributed by atoms with van der Waals surface area (Å²) in [6.07, 6.45) is 0. The van der Waals surface area contributed by atoms with Crippen LogP contribution in [0.25, 0.3) is 21.8 Å². The monoisotopic (exact) mass is 314 g/mol. The lowest BCUT2D eigenvalue weighted by Crippen LogP contribution is -2.27. The number of rotatable bonds is 4. The third-order valence-electron chi connectivity index (χ3n) is 4.31. The lowest BCUT2D eigenvalue weighted by Gasteiger charge is -2.09. The Hall–Kier alpha value is -3.07. The summed E-state index contributed by atoms with van der Waals surface area (Å²) in [5.41, 5.74) is 3.29. The number of para-hydroxylation sites is 2. The Morgan fingerprint density at radius 3 is 1.92 bits per heavy atom. The van der Waals surface area contributed by atoms with Crippen molar-refractivity contribution in [3.8, 4) is 0 Å². The van der Waals surface area contributed by atoms with E-state index in [4.69, 9.17) is 0 Å². The van der Waals surface area contributed by atoms with Crippen LogP contribution in [0.5, 0.6) is 0 Å². The lowest BCUT2D eigenvalue weighted by molar-refractivity contribution is -0.121. The SMILES string of the molecule is O=C(Cn1c2ccccc2c2ccccc21)NCc1ccccc1. The van der Waals surface area contributed by atoms with Gasteiger partial charge in [-0.05, 0) is 17.7 Å². The highest BCUT2D eigenvalue weighted by molar-refractivity contribution is 6.08. The van der Waals surface area contributed by atoms with Gasteiger partial charge in [-0.3, -0.25) is 4.79 Å². The molecule has 0 aliphatic rings. The minimum absolute atomic E-state index is 0.0189. The Bertz CT molecular complexity index is 949.